The van der Waals surface area contributed by atoms with Crippen LogP contribution in [0.1, 0.15) is 23.6 Å². The molecule has 0 fully saturated rings. The van der Waals surface area contributed by atoms with Crippen LogP contribution in [0.3, 0.4) is 0 Å². The zero-order valence-electron chi connectivity index (χ0n) is 9.71. The minimum atomic E-state index is 0.692. The molecule has 0 heterocycles. The number of allylic oxidation sites excluding steroid dienone is 2. The average molecular weight is 202 g/mol. The third-order valence-corrected chi connectivity index (χ3v) is 2.19. The highest BCUT2D eigenvalue weighted by molar-refractivity contribution is 5.63. The zero-order chi connectivity index (χ0) is 11.3. The first kappa shape index (κ1) is 11.6. The second-order valence-corrected chi connectivity index (χ2v) is 3.52. The van der Waals surface area contributed by atoms with E-state index >= 15 is 0 Å². The van der Waals surface area contributed by atoms with E-state index < -0.39 is 0 Å². The highest BCUT2D eigenvalue weighted by atomic mass is 16.5. The van der Waals surface area contributed by atoms with Gasteiger partial charge in [-0.3, -0.25) is 0 Å². The minimum absolute atomic E-state index is 0.692. The van der Waals surface area contributed by atoms with E-state index in [9.17, 15) is 0 Å². The Morgan fingerprint density at radius 1 is 1.33 bits per heavy atom. The fourth-order valence-electron chi connectivity index (χ4n) is 1.59. The second-order valence-electron chi connectivity index (χ2n) is 3.52. The first-order chi connectivity index (χ1) is 7.19. The van der Waals surface area contributed by atoms with Crippen LogP contribution >= 0.6 is 0 Å². The molecule has 0 saturated carbocycles. The predicted octanol–water partition coefficient (Wildman–Crippen LogP) is 3.90. The summed E-state index contributed by atoms with van der Waals surface area (Å²) in [4.78, 5) is 0. The van der Waals surface area contributed by atoms with Crippen LogP contribution in [-0.2, 0) is 0 Å². The fourth-order valence-corrected chi connectivity index (χ4v) is 1.59. The van der Waals surface area contributed by atoms with E-state index in [0.29, 0.717) is 6.61 Å². The van der Waals surface area contributed by atoms with Gasteiger partial charge in [0.1, 0.15) is 5.75 Å². The lowest BCUT2D eigenvalue weighted by molar-refractivity contribution is 0.339. The van der Waals surface area contributed by atoms with Crippen molar-refractivity contribution in [2.24, 2.45) is 0 Å². The molecular weight excluding hydrogens is 184 g/mol. The molecule has 80 valence electrons. The lowest BCUT2D eigenvalue weighted by atomic mass is 10.0. The molecule has 0 aromatic heterocycles. The molecule has 15 heavy (non-hydrogen) atoms. The van der Waals surface area contributed by atoms with Crippen molar-refractivity contribution >= 4 is 6.08 Å². The number of aryl methyl sites for hydroxylation is 2. The van der Waals surface area contributed by atoms with E-state index in [1.807, 2.05) is 19.1 Å². The molecule has 1 rings (SSSR count). The van der Waals surface area contributed by atoms with E-state index in [1.165, 1.54) is 11.1 Å². The van der Waals surface area contributed by atoms with Crippen molar-refractivity contribution in [1.82, 2.24) is 0 Å². The maximum atomic E-state index is 5.61. The number of ether oxygens (including phenoxy) is 1. The van der Waals surface area contributed by atoms with Crippen LogP contribution in [0.4, 0.5) is 0 Å². The molecule has 0 saturated heterocycles. The minimum Gasteiger partial charge on any atom is -0.493 e. The summed E-state index contributed by atoms with van der Waals surface area (Å²) in [6.45, 7) is 10.5. The van der Waals surface area contributed by atoms with Gasteiger partial charge in [0.25, 0.3) is 0 Å². The molecule has 0 radical (unpaired) electrons. The van der Waals surface area contributed by atoms with Crippen molar-refractivity contribution in [1.29, 1.82) is 0 Å². The molecule has 0 aliphatic heterocycles. The van der Waals surface area contributed by atoms with Gasteiger partial charge in [-0.25, -0.2) is 0 Å². The Labute approximate surface area is 92.1 Å². The van der Waals surface area contributed by atoms with Crippen LogP contribution in [-0.4, -0.2) is 6.61 Å². The van der Waals surface area contributed by atoms with Gasteiger partial charge in [0, 0.05) is 5.56 Å². The average Bonchev–Trinajstić information content (AvgIpc) is 2.17. The molecule has 0 atom stereocenters. The van der Waals surface area contributed by atoms with Crippen molar-refractivity contribution in [3.05, 3.63) is 47.6 Å². The van der Waals surface area contributed by atoms with Gasteiger partial charge in [0.05, 0.1) is 6.61 Å². The summed E-state index contributed by atoms with van der Waals surface area (Å²) in [5.41, 5.74) is 3.60. The highest BCUT2D eigenvalue weighted by Gasteiger charge is 2.04. The van der Waals surface area contributed by atoms with Gasteiger partial charge in [-0.1, -0.05) is 30.9 Å². The summed E-state index contributed by atoms with van der Waals surface area (Å²) in [6, 6.07) is 4.23. The maximum absolute atomic E-state index is 5.61. The van der Waals surface area contributed by atoms with Crippen molar-refractivity contribution in [2.45, 2.75) is 20.8 Å². The van der Waals surface area contributed by atoms with Crippen molar-refractivity contribution in [3.8, 4) is 5.75 Å². The highest BCUT2D eigenvalue weighted by Crippen LogP contribution is 2.25. The molecule has 0 bridgehead atoms. The molecule has 0 N–H and O–H groups in total. The summed E-state index contributed by atoms with van der Waals surface area (Å²) in [7, 11) is 0. The zero-order valence-corrected chi connectivity index (χ0v) is 9.71. The Bertz CT molecular complexity index is 375. The van der Waals surface area contributed by atoms with Crippen molar-refractivity contribution in [3.63, 3.8) is 0 Å². The third-order valence-electron chi connectivity index (χ3n) is 2.19. The summed E-state index contributed by atoms with van der Waals surface area (Å²) < 4.78 is 5.61. The summed E-state index contributed by atoms with van der Waals surface area (Å²) in [5, 5.41) is 0. The Hall–Kier alpha value is -1.50. The fraction of sp³-hybridized carbons (Fsp3) is 0.286. The third kappa shape index (κ3) is 2.98. The number of hydrogen-bond acceptors (Lipinski definition) is 1. The van der Waals surface area contributed by atoms with E-state index in [-0.39, 0.29) is 0 Å². The van der Waals surface area contributed by atoms with Gasteiger partial charge < -0.3 is 4.74 Å². The number of hydrogen-bond donors (Lipinski definition) is 0. The molecule has 0 amide bonds. The van der Waals surface area contributed by atoms with Gasteiger partial charge >= 0.3 is 0 Å². The standard InChI is InChI=1S/C14H18O/c1-5-7-8-13-12(4)9-11(3)10-14(13)15-6-2/h5,7-10H,1,6H2,2-4H3/b8-7-. The molecule has 0 aliphatic carbocycles. The van der Waals surface area contributed by atoms with Crippen LogP contribution in [0.25, 0.3) is 6.08 Å². The molecule has 1 heteroatoms. The van der Waals surface area contributed by atoms with Gasteiger partial charge in [-0.15, -0.1) is 0 Å². The Kier molecular flexibility index (Phi) is 4.17. The summed E-state index contributed by atoms with van der Waals surface area (Å²) >= 11 is 0. The molecule has 1 aromatic carbocycles. The van der Waals surface area contributed by atoms with Crippen LogP contribution in [0.5, 0.6) is 5.75 Å². The smallest absolute Gasteiger partial charge is 0.127 e. The SMILES string of the molecule is C=C/C=C\c1c(C)cc(C)cc1OCC. The molecule has 1 aromatic rings. The normalized spacial score (nSPS) is 10.6. The van der Waals surface area contributed by atoms with E-state index in [0.717, 1.165) is 11.3 Å². The molecule has 0 unspecified atom stereocenters. The van der Waals surface area contributed by atoms with Crippen molar-refractivity contribution in [2.75, 3.05) is 6.61 Å². The Morgan fingerprint density at radius 2 is 2.07 bits per heavy atom. The Balaban J connectivity index is 3.19. The van der Waals surface area contributed by atoms with Crippen LogP contribution in [0.15, 0.2) is 30.9 Å². The lowest BCUT2D eigenvalue weighted by Crippen LogP contribution is -1.96. The van der Waals surface area contributed by atoms with E-state index in [4.69, 9.17) is 4.74 Å². The largest absolute Gasteiger partial charge is 0.493 e. The lowest BCUT2D eigenvalue weighted by Gasteiger charge is -2.11. The molecule has 0 spiro atoms. The monoisotopic (exact) mass is 202 g/mol. The molecular formula is C14H18O. The topological polar surface area (TPSA) is 9.23 Å². The predicted molar refractivity (Wildman–Crippen MR) is 66.3 cm³/mol. The van der Waals surface area contributed by atoms with Crippen molar-refractivity contribution < 1.29 is 4.74 Å². The summed E-state index contributed by atoms with van der Waals surface area (Å²) in [5.74, 6) is 0.952. The maximum Gasteiger partial charge on any atom is 0.127 e. The van der Waals surface area contributed by atoms with Crippen LogP contribution in [0, 0.1) is 13.8 Å². The second kappa shape index (κ2) is 5.40. The number of benzene rings is 1. The van der Waals surface area contributed by atoms with E-state index in [2.05, 4.69) is 32.6 Å². The first-order valence-corrected chi connectivity index (χ1v) is 5.22. The first-order valence-electron chi connectivity index (χ1n) is 5.22. The summed E-state index contributed by atoms with van der Waals surface area (Å²) in [6.07, 6.45) is 5.74. The van der Waals surface area contributed by atoms with Gasteiger partial charge in [-0.2, -0.15) is 0 Å². The van der Waals surface area contributed by atoms with Crippen LogP contribution < -0.4 is 4.74 Å². The van der Waals surface area contributed by atoms with Crippen LogP contribution in [0.2, 0.25) is 0 Å². The van der Waals surface area contributed by atoms with Gasteiger partial charge in [0.15, 0.2) is 0 Å². The number of rotatable bonds is 4. The van der Waals surface area contributed by atoms with Gasteiger partial charge in [-0.05, 0) is 38.0 Å². The Morgan fingerprint density at radius 3 is 2.67 bits per heavy atom. The molecule has 0 aliphatic rings. The quantitative estimate of drug-likeness (QED) is 0.673. The van der Waals surface area contributed by atoms with E-state index in [1.54, 1.807) is 6.08 Å². The van der Waals surface area contributed by atoms with Gasteiger partial charge in [0.2, 0.25) is 0 Å². The molecule has 1 nitrogen and oxygen atoms in total.